The first-order valence-corrected chi connectivity index (χ1v) is 10.1. The van der Waals surface area contributed by atoms with Crippen molar-refractivity contribution in [2.75, 3.05) is 37.6 Å². The van der Waals surface area contributed by atoms with Crippen molar-refractivity contribution < 1.29 is 14.0 Å². The monoisotopic (exact) mass is 405 g/mol. The molecular weight excluding hydrogens is 381 g/mol. The highest BCUT2D eigenvalue weighted by molar-refractivity contribution is 7.14. The van der Waals surface area contributed by atoms with Gasteiger partial charge in [-0.15, -0.1) is 11.3 Å². The molecule has 3 heterocycles. The second-order valence-corrected chi connectivity index (χ2v) is 7.90. The number of carbonyl (C=O) groups excluding carboxylic acids is 2. The summed E-state index contributed by atoms with van der Waals surface area (Å²) in [6, 6.07) is 3.73. The Morgan fingerprint density at radius 3 is 2.57 bits per heavy atom. The van der Waals surface area contributed by atoms with Crippen LogP contribution in [0.1, 0.15) is 34.3 Å². The van der Waals surface area contributed by atoms with Crippen LogP contribution in [0.3, 0.4) is 0 Å². The second kappa shape index (κ2) is 9.70. The maximum Gasteiger partial charge on any atom is 0.225 e. The van der Waals surface area contributed by atoms with Gasteiger partial charge >= 0.3 is 0 Å². The van der Waals surface area contributed by atoms with Gasteiger partial charge in [0.2, 0.25) is 11.9 Å². The fourth-order valence-corrected chi connectivity index (χ4v) is 3.98. The molecular formula is C19H24FN5O2S. The van der Waals surface area contributed by atoms with Gasteiger partial charge in [-0.2, -0.15) is 0 Å². The van der Waals surface area contributed by atoms with E-state index in [-0.39, 0.29) is 11.7 Å². The number of nitrogens with one attached hydrogen (secondary N) is 1. The molecule has 0 aliphatic carbocycles. The Hall–Kier alpha value is -2.39. The molecule has 0 radical (unpaired) electrons. The van der Waals surface area contributed by atoms with Crippen molar-refractivity contribution in [2.45, 2.75) is 26.3 Å². The normalized spacial score (nSPS) is 14.9. The van der Waals surface area contributed by atoms with Crippen molar-refractivity contribution in [2.24, 2.45) is 0 Å². The summed E-state index contributed by atoms with van der Waals surface area (Å²) in [4.78, 5) is 37.5. The first kappa shape index (κ1) is 20.3. The lowest BCUT2D eigenvalue weighted by Crippen LogP contribution is -2.47. The van der Waals surface area contributed by atoms with Gasteiger partial charge < -0.3 is 10.2 Å². The lowest BCUT2D eigenvalue weighted by Gasteiger charge is -2.34. The number of thiophene rings is 1. The van der Waals surface area contributed by atoms with Gasteiger partial charge in [0.1, 0.15) is 0 Å². The van der Waals surface area contributed by atoms with Crippen LogP contribution in [0.15, 0.2) is 24.5 Å². The Kier molecular flexibility index (Phi) is 7.05. The van der Waals surface area contributed by atoms with Gasteiger partial charge in [0.25, 0.3) is 0 Å². The topological polar surface area (TPSA) is 78.4 Å². The van der Waals surface area contributed by atoms with E-state index in [0.29, 0.717) is 18.9 Å². The van der Waals surface area contributed by atoms with Crippen molar-refractivity contribution in [3.8, 4) is 0 Å². The number of aromatic nitrogens is 2. The van der Waals surface area contributed by atoms with Crippen LogP contribution in [-0.4, -0.2) is 59.3 Å². The molecule has 2 aromatic rings. The number of ketones is 1. The Labute approximate surface area is 167 Å². The maximum atomic E-state index is 12.9. The van der Waals surface area contributed by atoms with Gasteiger partial charge in [0.05, 0.1) is 23.8 Å². The van der Waals surface area contributed by atoms with Crippen molar-refractivity contribution in [1.29, 1.82) is 0 Å². The van der Waals surface area contributed by atoms with Crippen LogP contribution in [0.4, 0.5) is 10.3 Å². The van der Waals surface area contributed by atoms with Gasteiger partial charge in [-0.3, -0.25) is 14.5 Å². The molecule has 1 amide bonds. The first-order valence-electron chi connectivity index (χ1n) is 9.32. The second-order valence-electron chi connectivity index (χ2n) is 6.73. The molecule has 7 nitrogen and oxygen atoms in total. The minimum Gasteiger partial charge on any atom is -0.351 e. The highest BCUT2D eigenvalue weighted by atomic mass is 32.1. The fraction of sp³-hybridized carbons (Fsp3) is 0.474. The molecule has 0 bridgehead atoms. The smallest absolute Gasteiger partial charge is 0.225 e. The van der Waals surface area contributed by atoms with Crippen molar-refractivity contribution >= 4 is 29.0 Å². The number of halogens is 1. The van der Waals surface area contributed by atoms with E-state index in [1.54, 1.807) is 0 Å². The molecule has 1 fully saturated rings. The molecule has 0 saturated carbocycles. The molecule has 1 aliphatic heterocycles. The summed E-state index contributed by atoms with van der Waals surface area (Å²) < 4.78 is 12.9. The van der Waals surface area contributed by atoms with Gasteiger partial charge in [0, 0.05) is 44.4 Å². The third-order valence-electron chi connectivity index (χ3n) is 4.59. The maximum absolute atomic E-state index is 12.9. The molecule has 1 aliphatic rings. The lowest BCUT2D eigenvalue weighted by atomic mass is 10.2. The molecule has 0 aromatic carbocycles. The van der Waals surface area contributed by atoms with E-state index in [4.69, 9.17) is 0 Å². The molecule has 0 unspecified atom stereocenters. The number of hydrogen-bond acceptors (Lipinski definition) is 7. The molecule has 0 atom stereocenters. The summed E-state index contributed by atoms with van der Waals surface area (Å²) in [6.45, 7) is 6.13. The Balaban J connectivity index is 1.37. The molecule has 9 heteroatoms. The molecule has 2 aromatic heterocycles. The number of rotatable bonds is 8. The van der Waals surface area contributed by atoms with Crippen LogP contribution in [-0.2, 0) is 11.3 Å². The molecule has 3 rings (SSSR count). The quantitative estimate of drug-likeness (QED) is 0.678. The lowest BCUT2D eigenvalue weighted by molar-refractivity contribution is -0.119. The van der Waals surface area contributed by atoms with E-state index in [2.05, 4.69) is 20.2 Å². The fourth-order valence-electron chi connectivity index (χ4n) is 3.06. The minimum atomic E-state index is -0.431. The van der Waals surface area contributed by atoms with Crippen LogP contribution < -0.4 is 10.2 Å². The minimum absolute atomic E-state index is 0.0765. The molecule has 28 heavy (non-hydrogen) atoms. The van der Waals surface area contributed by atoms with Crippen LogP contribution >= 0.6 is 11.3 Å². The van der Waals surface area contributed by atoms with Gasteiger partial charge in [-0.25, -0.2) is 14.4 Å². The SMILES string of the molecule is CC(=O)NCc1ccc(C(=O)CCCN2CCN(c3ncc(F)cn3)CC2)s1. The van der Waals surface area contributed by atoms with Gasteiger partial charge in [0.15, 0.2) is 11.6 Å². The third-order valence-corrected chi connectivity index (χ3v) is 5.71. The number of Topliss-reactive ketones (excluding diaryl/α,β-unsaturated/α-hetero) is 1. The number of carbonyl (C=O) groups is 2. The van der Waals surface area contributed by atoms with Crippen molar-refractivity contribution in [3.05, 3.63) is 40.1 Å². The van der Waals surface area contributed by atoms with Gasteiger partial charge in [-0.05, 0) is 25.1 Å². The zero-order chi connectivity index (χ0) is 19.9. The largest absolute Gasteiger partial charge is 0.351 e. The summed E-state index contributed by atoms with van der Waals surface area (Å²) in [6.07, 6.45) is 3.70. The number of nitrogens with zero attached hydrogens (tertiary/aromatic N) is 4. The number of piperazine rings is 1. The van der Waals surface area contributed by atoms with E-state index >= 15 is 0 Å². The van der Waals surface area contributed by atoms with E-state index < -0.39 is 5.82 Å². The number of hydrogen-bond donors (Lipinski definition) is 1. The Morgan fingerprint density at radius 2 is 1.89 bits per heavy atom. The molecule has 0 spiro atoms. The third kappa shape index (κ3) is 5.80. The first-order chi connectivity index (χ1) is 13.5. The molecule has 1 N–H and O–H groups in total. The van der Waals surface area contributed by atoms with Crippen LogP contribution in [0, 0.1) is 5.82 Å². The predicted octanol–water partition coefficient (Wildman–Crippen LogP) is 2.10. The van der Waals surface area contributed by atoms with Crippen LogP contribution in [0.5, 0.6) is 0 Å². The van der Waals surface area contributed by atoms with Crippen molar-refractivity contribution in [3.63, 3.8) is 0 Å². The van der Waals surface area contributed by atoms with Gasteiger partial charge in [-0.1, -0.05) is 0 Å². The predicted molar refractivity (Wildman–Crippen MR) is 106 cm³/mol. The van der Waals surface area contributed by atoms with E-state index in [9.17, 15) is 14.0 Å². The summed E-state index contributed by atoms with van der Waals surface area (Å²) in [5, 5.41) is 2.74. The number of anilines is 1. The summed E-state index contributed by atoms with van der Waals surface area (Å²) in [5.74, 6) is 0.203. The molecule has 1 saturated heterocycles. The average molecular weight is 405 g/mol. The van der Waals surface area contributed by atoms with Crippen molar-refractivity contribution in [1.82, 2.24) is 20.2 Å². The summed E-state index contributed by atoms with van der Waals surface area (Å²) >= 11 is 1.44. The van der Waals surface area contributed by atoms with Crippen LogP contribution in [0.25, 0.3) is 0 Å². The standard InChI is InChI=1S/C19H24FN5O2S/c1-14(26)21-13-16-4-5-18(28-16)17(27)3-2-6-24-7-9-25(10-8-24)19-22-11-15(20)12-23-19/h4-5,11-12H,2-3,6-10,13H2,1H3,(H,21,26). The zero-order valence-corrected chi connectivity index (χ0v) is 16.7. The van der Waals surface area contributed by atoms with E-state index in [0.717, 1.165) is 48.9 Å². The highest BCUT2D eigenvalue weighted by Gasteiger charge is 2.19. The average Bonchev–Trinajstić information content (AvgIpc) is 3.17. The number of amides is 1. The summed E-state index contributed by atoms with van der Waals surface area (Å²) in [5.41, 5.74) is 0. The highest BCUT2D eigenvalue weighted by Crippen LogP contribution is 2.19. The Morgan fingerprint density at radius 1 is 1.18 bits per heavy atom. The molecule has 150 valence electrons. The summed E-state index contributed by atoms with van der Waals surface area (Å²) in [7, 11) is 0. The van der Waals surface area contributed by atoms with E-state index in [1.807, 2.05) is 17.0 Å². The zero-order valence-electron chi connectivity index (χ0n) is 15.9. The van der Waals surface area contributed by atoms with Crippen LogP contribution in [0.2, 0.25) is 0 Å². The Bertz CT molecular complexity index is 803. The van der Waals surface area contributed by atoms with E-state index in [1.165, 1.54) is 30.7 Å².